The van der Waals surface area contributed by atoms with Crippen LogP contribution < -0.4 is 10.0 Å². The average molecular weight is 408 g/mol. The van der Waals surface area contributed by atoms with Gasteiger partial charge in [-0.15, -0.1) is 22.7 Å². The number of aryl methyl sites for hydroxylation is 1. The van der Waals surface area contributed by atoms with Crippen LogP contribution in [0.25, 0.3) is 0 Å². The first-order valence-electron chi connectivity index (χ1n) is 7.87. The first kappa shape index (κ1) is 18.6. The predicted octanol–water partition coefficient (Wildman–Crippen LogP) is 3.97. The van der Waals surface area contributed by atoms with Gasteiger partial charge in [0.2, 0.25) is 5.91 Å². The fourth-order valence-electron chi connectivity index (χ4n) is 2.27. The quantitative estimate of drug-likeness (QED) is 0.591. The third kappa shape index (κ3) is 5.13. The molecule has 0 aliphatic carbocycles. The number of nitrogens with zero attached hydrogens (tertiary/aromatic N) is 1. The molecule has 2 N–H and O–H groups in total. The first-order valence-corrected chi connectivity index (χ1v) is 11.1. The summed E-state index contributed by atoms with van der Waals surface area (Å²) in [6, 6.07) is 10.1. The minimum Gasteiger partial charge on any atom is -0.326 e. The van der Waals surface area contributed by atoms with Crippen molar-refractivity contribution >= 4 is 49.4 Å². The Balaban J connectivity index is 1.53. The summed E-state index contributed by atoms with van der Waals surface area (Å²) in [7, 11) is -3.68. The maximum atomic E-state index is 12.3. The van der Waals surface area contributed by atoms with Crippen LogP contribution in [0.4, 0.5) is 10.8 Å². The van der Waals surface area contributed by atoms with Gasteiger partial charge >= 0.3 is 0 Å². The topological polar surface area (TPSA) is 88.2 Å². The SMILES string of the molecule is O=C(CCCc1cccs1)Nc1ccc(S(=O)(=O)Nc2nccs2)cc1. The number of carbonyl (C=O) groups excluding carboxylic acids is 1. The van der Waals surface area contributed by atoms with E-state index in [1.807, 2.05) is 11.4 Å². The van der Waals surface area contributed by atoms with Crippen molar-refractivity contribution in [2.75, 3.05) is 10.0 Å². The van der Waals surface area contributed by atoms with Gasteiger partial charge in [-0.1, -0.05) is 6.07 Å². The standard InChI is InChI=1S/C17H17N3O3S3/c21-16(5-1-3-14-4-2-11-24-14)19-13-6-8-15(9-7-13)26(22,23)20-17-18-10-12-25-17/h2,4,6-12H,1,3,5H2,(H,18,20)(H,19,21). The lowest BCUT2D eigenvalue weighted by Crippen LogP contribution is -2.14. The van der Waals surface area contributed by atoms with Gasteiger partial charge in [-0.3, -0.25) is 9.52 Å². The third-order valence-corrected chi connectivity index (χ3v) is 6.62. The smallest absolute Gasteiger partial charge is 0.263 e. The molecule has 0 radical (unpaired) electrons. The largest absolute Gasteiger partial charge is 0.326 e. The molecule has 136 valence electrons. The molecule has 0 aliphatic heterocycles. The Morgan fingerprint density at radius 1 is 1.08 bits per heavy atom. The molecule has 3 rings (SSSR count). The van der Waals surface area contributed by atoms with E-state index in [9.17, 15) is 13.2 Å². The van der Waals surface area contributed by atoms with E-state index in [0.29, 0.717) is 17.2 Å². The fourth-order valence-corrected chi connectivity index (χ4v) is 4.81. The molecule has 6 nitrogen and oxygen atoms in total. The van der Waals surface area contributed by atoms with Crippen LogP contribution in [0.15, 0.2) is 58.3 Å². The van der Waals surface area contributed by atoms with E-state index < -0.39 is 10.0 Å². The number of carbonyl (C=O) groups is 1. The molecule has 26 heavy (non-hydrogen) atoms. The lowest BCUT2D eigenvalue weighted by Gasteiger charge is -2.08. The second-order valence-electron chi connectivity index (χ2n) is 5.45. The molecule has 0 atom stereocenters. The van der Waals surface area contributed by atoms with Gasteiger partial charge in [0.15, 0.2) is 5.13 Å². The molecule has 9 heteroatoms. The second-order valence-corrected chi connectivity index (χ2v) is 9.06. The maximum absolute atomic E-state index is 12.3. The minimum absolute atomic E-state index is 0.0851. The van der Waals surface area contributed by atoms with Crippen LogP contribution in [-0.2, 0) is 21.2 Å². The summed E-state index contributed by atoms with van der Waals surface area (Å²) in [5.74, 6) is -0.0851. The Kier molecular flexibility index (Phi) is 6.02. The number of hydrogen-bond acceptors (Lipinski definition) is 6. The van der Waals surface area contributed by atoms with Crippen molar-refractivity contribution in [2.45, 2.75) is 24.2 Å². The fraction of sp³-hybridized carbons (Fsp3) is 0.176. The zero-order chi connectivity index (χ0) is 18.4. The first-order chi connectivity index (χ1) is 12.5. The molecule has 2 aromatic heterocycles. The number of sulfonamides is 1. The summed E-state index contributed by atoms with van der Waals surface area (Å²) in [4.78, 5) is 17.3. The van der Waals surface area contributed by atoms with Gasteiger partial charge in [0.1, 0.15) is 0 Å². The lowest BCUT2D eigenvalue weighted by molar-refractivity contribution is -0.116. The second kappa shape index (κ2) is 8.43. The molecule has 2 heterocycles. The van der Waals surface area contributed by atoms with E-state index in [2.05, 4.69) is 21.1 Å². The number of benzene rings is 1. The molecule has 3 aromatic rings. The van der Waals surface area contributed by atoms with Crippen LogP contribution in [0.5, 0.6) is 0 Å². The van der Waals surface area contributed by atoms with Crippen LogP contribution in [0, 0.1) is 0 Å². The summed E-state index contributed by atoms with van der Waals surface area (Å²) >= 11 is 2.89. The predicted molar refractivity (Wildman–Crippen MR) is 105 cm³/mol. The number of amides is 1. The van der Waals surface area contributed by atoms with Crippen molar-refractivity contribution in [3.8, 4) is 0 Å². The van der Waals surface area contributed by atoms with Crippen LogP contribution >= 0.6 is 22.7 Å². The number of thiophene rings is 1. The van der Waals surface area contributed by atoms with Crippen LogP contribution in [0.2, 0.25) is 0 Å². The minimum atomic E-state index is -3.68. The van der Waals surface area contributed by atoms with E-state index >= 15 is 0 Å². The lowest BCUT2D eigenvalue weighted by atomic mass is 10.2. The van der Waals surface area contributed by atoms with Crippen molar-refractivity contribution in [1.82, 2.24) is 4.98 Å². The Bertz CT molecular complexity index is 935. The summed E-state index contributed by atoms with van der Waals surface area (Å²) in [5, 5.41) is 6.81. The number of anilines is 2. The molecule has 1 aromatic carbocycles. The number of rotatable bonds is 8. The molecule has 0 fully saturated rings. The highest BCUT2D eigenvalue weighted by molar-refractivity contribution is 7.93. The highest BCUT2D eigenvalue weighted by Gasteiger charge is 2.15. The number of nitrogens with one attached hydrogen (secondary N) is 2. The van der Waals surface area contributed by atoms with E-state index in [0.717, 1.165) is 12.8 Å². The van der Waals surface area contributed by atoms with Crippen LogP contribution in [0.3, 0.4) is 0 Å². The summed E-state index contributed by atoms with van der Waals surface area (Å²) in [5.41, 5.74) is 0.569. The Hall–Kier alpha value is -2.23. The van der Waals surface area contributed by atoms with Crippen LogP contribution in [0.1, 0.15) is 17.7 Å². The van der Waals surface area contributed by atoms with Gasteiger partial charge in [-0.05, 0) is 48.6 Å². The van der Waals surface area contributed by atoms with E-state index in [4.69, 9.17) is 0 Å². The van der Waals surface area contributed by atoms with Crippen molar-refractivity contribution in [3.63, 3.8) is 0 Å². The molecule has 0 saturated carbocycles. The molecule has 0 spiro atoms. The van der Waals surface area contributed by atoms with Crippen molar-refractivity contribution in [2.24, 2.45) is 0 Å². The van der Waals surface area contributed by atoms with Crippen LogP contribution in [-0.4, -0.2) is 19.3 Å². The summed E-state index contributed by atoms with van der Waals surface area (Å²) in [6.45, 7) is 0. The zero-order valence-electron chi connectivity index (χ0n) is 13.7. The Morgan fingerprint density at radius 2 is 1.88 bits per heavy atom. The molecule has 0 saturated heterocycles. The van der Waals surface area contributed by atoms with E-state index in [1.54, 1.807) is 28.8 Å². The highest BCUT2D eigenvalue weighted by atomic mass is 32.2. The van der Waals surface area contributed by atoms with Gasteiger partial charge in [-0.25, -0.2) is 13.4 Å². The number of aromatic nitrogens is 1. The third-order valence-electron chi connectivity index (χ3n) is 3.51. The van der Waals surface area contributed by atoms with Gasteiger partial charge in [-0.2, -0.15) is 0 Å². The normalized spacial score (nSPS) is 11.2. The number of thiazole rings is 1. The van der Waals surface area contributed by atoms with Crippen molar-refractivity contribution < 1.29 is 13.2 Å². The molecular formula is C17H17N3O3S3. The Morgan fingerprint density at radius 3 is 2.54 bits per heavy atom. The van der Waals surface area contributed by atoms with Crippen molar-refractivity contribution in [1.29, 1.82) is 0 Å². The molecule has 0 unspecified atom stereocenters. The van der Waals surface area contributed by atoms with Gasteiger partial charge in [0.05, 0.1) is 4.90 Å². The van der Waals surface area contributed by atoms with E-state index in [-0.39, 0.29) is 10.8 Å². The van der Waals surface area contributed by atoms with Gasteiger partial charge in [0, 0.05) is 28.6 Å². The summed E-state index contributed by atoms with van der Waals surface area (Å²) < 4.78 is 26.9. The van der Waals surface area contributed by atoms with Gasteiger partial charge < -0.3 is 5.32 Å². The average Bonchev–Trinajstić information content (AvgIpc) is 3.29. The molecule has 1 amide bonds. The molecular weight excluding hydrogens is 390 g/mol. The maximum Gasteiger partial charge on any atom is 0.263 e. The van der Waals surface area contributed by atoms with Crippen molar-refractivity contribution in [3.05, 3.63) is 58.2 Å². The Labute approximate surface area is 160 Å². The monoisotopic (exact) mass is 407 g/mol. The molecule has 0 bridgehead atoms. The highest BCUT2D eigenvalue weighted by Crippen LogP contribution is 2.20. The summed E-state index contributed by atoms with van der Waals surface area (Å²) in [6.07, 6.45) is 3.60. The molecule has 0 aliphatic rings. The number of hydrogen-bond donors (Lipinski definition) is 2. The van der Waals surface area contributed by atoms with Gasteiger partial charge in [0.25, 0.3) is 10.0 Å². The van der Waals surface area contributed by atoms with E-state index in [1.165, 1.54) is 34.5 Å². The zero-order valence-corrected chi connectivity index (χ0v) is 16.2.